The molecular formula is C16H23N3O3. The van der Waals surface area contributed by atoms with Gasteiger partial charge in [-0.15, -0.1) is 0 Å². The first-order valence-corrected chi connectivity index (χ1v) is 7.51. The molecule has 2 unspecified atom stereocenters. The van der Waals surface area contributed by atoms with Crippen LogP contribution in [0.3, 0.4) is 0 Å². The van der Waals surface area contributed by atoms with Crippen molar-refractivity contribution in [2.75, 3.05) is 31.7 Å². The molecule has 22 heavy (non-hydrogen) atoms. The van der Waals surface area contributed by atoms with Crippen LogP contribution in [0.2, 0.25) is 0 Å². The van der Waals surface area contributed by atoms with Crippen LogP contribution in [-0.4, -0.2) is 55.6 Å². The molecule has 0 bridgehead atoms. The predicted molar refractivity (Wildman–Crippen MR) is 84.4 cm³/mol. The summed E-state index contributed by atoms with van der Waals surface area (Å²) in [5.41, 5.74) is 6.68. The van der Waals surface area contributed by atoms with Crippen molar-refractivity contribution >= 4 is 17.5 Å². The number of carbonyl (C=O) groups is 2. The predicted octanol–water partition coefficient (Wildman–Crippen LogP) is 0.614. The standard InChI is InChI=1S/C16H23N3O3/c1-3-18(15(20)13(17)11-22-2)14-9-10-19(16(14)21)12-7-5-4-6-8-12/h4-8,13-14H,3,9-11,17H2,1-2H3. The van der Waals surface area contributed by atoms with Crippen molar-refractivity contribution in [3.63, 3.8) is 0 Å². The molecule has 0 radical (unpaired) electrons. The SMILES string of the molecule is CCN(C(=O)C(N)COC)C1CCN(c2ccccc2)C1=O. The smallest absolute Gasteiger partial charge is 0.249 e. The summed E-state index contributed by atoms with van der Waals surface area (Å²) in [6.45, 7) is 3.07. The van der Waals surface area contributed by atoms with E-state index in [1.54, 1.807) is 9.80 Å². The van der Waals surface area contributed by atoms with Crippen LogP contribution >= 0.6 is 0 Å². The fraction of sp³-hybridized carbons (Fsp3) is 0.500. The Balaban J connectivity index is 2.12. The third kappa shape index (κ3) is 3.28. The van der Waals surface area contributed by atoms with E-state index in [2.05, 4.69) is 0 Å². The molecule has 1 aliphatic rings. The summed E-state index contributed by atoms with van der Waals surface area (Å²) < 4.78 is 4.93. The van der Waals surface area contributed by atoms with Gasteiger partial charge in [-0.25, -0.2) is 0 Å². The highest BCUT2D eigenvalue weighted by Gasteiger charge is 2.39. The van der Waals surface area contributed by atoms with Crippen LogP contribution in [0.15, 0.2) is 30.3 Å². The molecule has 1 saturated heterocycles. The Kier molecular flexibility index (Phi) is 5.51. The number of methoxy groups -OCH3 is 1. The molecular weight excluding hydrogens is 282 g/mol. The second kappa shape index (κ2) is 7.38. The number of hydrogen-bond donors (Lipinski definition) is 1. The van der Waals surface area contributed by atoms with Gasteiger partial charge in [0, 0.05) is 25.9 Å². The number of benzene rings is 1. The van der Waals surface area contributed by atoms with Gasteiger partial charge in [0.1, 0.15) is 12.1 Å². The number of nitrogens with two attached hydrogens (primary N) is 1. The van der Waals surface area contributed by atoms with Gasteiger partial charge in [-0.05, 0) is 25.5 Å². The van der Waals surface area contributed by atoms with Gasteiger partial charge in [0.25, 0.3) is 0 Å². The van der Waals surface area contributed by atoms with E-state index < -0.39 is 12.1 Å². The molecule has 0 spiro atoms. The van der Waals surface area contributed by atoms with Crippen molar-refractivity contribution in [3.05, 3.63) is 30.3 Å². The molecule has 120 valence electrons. The number of para-hydroxylation sites is 1. The third-order valence-electron chi connectivity index (χ3n) is 3.91. The maximum Gasteiger partial charge on any atom is 0.249 e. The highest BCUT2D eigenvalue weighted by atomic mass is 16.5. The quantitative estimate of drug-likeness (QED) is 0.835. The summed E-state index contributed by atoms with van der Waals surface area (Å²) in [7, 11) is 1.50. The lowest BCUT2D eigenvalue weighted by Gasteiger charge is -2.29. The highest BCUT2D eigenvalue weighted by molar-refractivity contribution is 6.01. The number of anilines is 1. The van der Waals surface area contributed by atoms with Gasteiger partial charge in [-0.3, -0.25) is 9.59 Å². The molecule has 6 nitrogen and oxygen atoms in total. The van der Waals surface area contributed by atoms with Gasteiger partial charge in [0.2, 0.25) is 11.8 Å². The molecule has 2 rings (SSSR count). The molecule has 2 N–H and O–H groups in total. The Hall–Kier alpha value is -1.92. The third-order valence-corrected chi connectivity index (χ3v) is 3.91. The van der Waals surface area contributed by atoms with Crippen LogP contribution in [0.25, 0.3) is 0 Å². The summed E-state index contributed by atoms with van der Waals surface area (Å²) in [4.78, 5) is 28.3. The Labute approximate surface area is 130 Å². The van der Waals surface area contributed by atoms with E-state index >= 15 is 0 Å². The first kappa shape index (κ1) is 16.5. The van der Waals surface area contributed by atoms with Crippen molar-refractivity contribution in [2.45, 2.75) is 25.4 Å². The van der Waals surface area contributed by atoms with E-state index in [1.165, 1.54) is 7.11 Å². The average Bonchev–Trinajstić information content (AvgIpc) is 2.91. The van der Waals surface area contributed by atoms with E-state index in [9.17, 15) is 9.59 Å². The lowest BCUT2D eigenvalue weighted by atomic mass is 10.1. The van der Waals surface area contributed by atoms with Crippen LogP contribution in [0.1, 0.15) is 13.3 Å². The first-order chi connectivity index (χ1) is 10.6. The molecule has 0 saturated carbocycles. The second-order valence-electron chi connectivity index (χ2n) is 5.32. The number of nitrogens with zero attached hydrogens (tertiary/aromatic N) is 2. The maximum atomic E-state index is 12.7. The molecule has 0 aromatic heterocycles. The minimum atomic E-state index is -0.733. The normalized spacial score (nSPS) is 19.3. The number of hydrogen-bond acceptors (Lipinski definition) is 4. The van der Waals surface area contributed by atoms with E-state index in [0.717, 1.165) is 5.69 Å². The maximum absolute atomic E-state index is 12.7. The van der Waals surface area contributed by atoms with Gasteiger partial charge < -0.3 is 20.3 Å². The van der Waals surface area contributed by atoms with Gasteiger partial charge in [0.05, 0.1) is 6.61 Å². The number of amides is 2. The lowest BCUT2D eigenvalue weighted by Crippen LogP contribution is -2.52. The fourth-order valence-electron chi connectivity index (χ4n) is 2.81. The number of likely N-dealkylation sites (N-methyl/N-ethyl adjacent to an activating group) is 1. The Bertz CT molecular complexity index is 521. The largest absolute Gasteiger partial charge is 0.383 e. The molecule has 1 aromatic rings. The monoisotopic (exact) mass is 305 g/mol. The summed E-state index contributed by atoms with van der Waals surface area (Å²) in [5, 5.41) is 0. The minimum absolute atomic E-state index is 0.0500. The van der Waals surface area contributed by atoms with Gasteiger partial charge in [-0.2, -0.15) is 0 Å². The number of ether oxygens (including phenoxy) is 1. The van der Waals surface area contributed by atoms with Crippen LogP contribution in [-0.2, 0) is 14.3 Å². The first-order valence-electron chi connectivity index (χ1n) is 7.51. The summed E-state index contributed by atoms with van der Waals surface area (Å²) in [6, 6.07) is 8.32. The van der Waals surface area contributed by atoms with Crippen LogP contribution in [0.4, 0.5) is 5.69 Å². The fourth-order valence-corrected chi connectivity index (χ4v) is 2.81. The molecule has 1 aliphatic heterocycles. The Morgan fingerprint density at radius 1 is 1.45 bits per heavy atom. The van der Waals surface area contributed by atoms with Crippen molar-refractivity contribution in [3.8, 4) is 0 Å². The molecule has 1 aromatic carbocycles. The lowest BCUT2D eigenvalue weighted by molar-refractivity contribution is -0.140. The van der Waals surface area contributed by atoms with Crippen molar-refractivity contribution in [2.24, 2.45) is 5.73 Å². The number of carbonyl (C=O) groups excluding carboxylic acids is 2. The van der Waals surface area contributed by atoms with Crippen LogP contribution < -0.4 is 10.6 Å². The van der Waals surface area contributed by atoms with E-state index in [1.807, 2.05) is 37.3 Å². The van der Waals surface area contributed by atoms with Crippen LogP contribution in [0, 0.1) is 0 Å². The summed E-state index contributed by atoms with van der Waals surface area (Å²) >= 11 is 0. The van der Waals surface area contributed by atoms with Crippen molar-refractivity contribution < 1.29 is 14.3 Å². The zero-order valence-corrected chi connectivity index (χ0v) is 13.1. The van der Waals surface area contributed by atoms with Gasteiger partial charge in [0.15, 0.2) is 0 Å². The average molecular weight is 305 g/mol. The molecule has 2 atom stereocenters. The zero-order valence-electron chi connectivity index (χ0n) is 13.1. The van der Waals surface area contributed by atoms with E-state index in [0.29, 0.717) is 19.5 Å². The van der Waals surface area contributed by atoms with E-state index in [4.69, 9.17) is 10.5 Å². The molecule has 1 fully saturated rings. The van der Waals surface area contributed by atoms with Crippen molar-refractivity contribution in [1.82, 2.24) is 4.90 Å². The topological polar surface area (TPSA) is 75.9 Å². The molecule has 1 heterocycles. The molecule has 2 amide bonds. The van der Waals surface area contributed by atoms with Gasteiger partial charge >= 0.3 is 0 Å². The molecule has 0 aliphatic carbocycles. The van der Waals surface area contributed by atoms with Crippen LogP contribution in [0.5, 0.6) is 0 Å². The Morgan fingerprint density at radius 3 is 2.73 bits per heavy atom. The molecule has 6 heteroatoms. The van der Waals surface area contributed by atoms with E-state index in [-0.39, 0.29) is 18.4 Å². The number of rotatable bonds is 6. The highest BCUT2D eigenvalue weighted by Crippen LogP contribution is 2.24. The minimum Gasteiger partial charge on any atom is -0.383 e. The van der Waals surface area contributed by atoms with Crippen molar-refractivity contribution in [1.29, 1.82) is 0 Å². The summed E-state index contributed by atoms with van der Waals surface area (Å²) in [6.07, 6.45) is 0.618. The zero-order chi connectivity index (χ0) is 16.1. The van der Waals surface area contributed by atoms with Gasteiger partial charge in [-0.1, -0.05) is 18.2 Å². The Morgan fingerprint density at radius 2 is 2.14 bits per heavy atom. The second-order valence-corrected chi connectivity index (χ2v) is 5.32. The summed E-state index contributed by atoms with van der Waals surface area (Å²) in [5.74, 6) is -0.288.